The first kappa shape index (κ1) is 20.2. The molecule has 1 aromatic heterocycles. The third-order valence-electron chi connectivity index (χ3n) is 4.87. The Bertz CT molecular complexity index is 784. The number of hydrogen-bond donors (Lipinski definition) is 2. The predicted molar refractivity (Wildman–Crippen MR) is 110 cm³/mol. The SMILES string of the molecule is O=C(NC(=O)c1cccs1)NC1CCN(CCCC(=O)c2ccccc2)CC1. The van der Waals surface area contributed by atoms with E-state index < -0.39 is 6.03 Å². The zero-order valence-electron chi connectivity index (χ0n) is 15.7. The van der Waals surface area contributed by atoms with Crippen molar-refractivity contribution in [3.8, 4) is 0 Å². The Morgan fingerprint density at radius 2 is 1.79 bits per heavy atom. The fraction of sp³-hybridized carbons (Fsp3) is 0.381. The number of ketones is 1. The van der Waals surface area contributed by atoms with E-state index >= 15 is 0 Å². The van der Waals surface area contributed by atoms with Crippen LogP contribution in [0.3, 0.4) is 0 Å². The summed E-state index contributed by atoms with van der Waals surface area (Å²) in [5, 5.41) is 7.06. The van der Waals surface area contributed by atoms with Gasteiger partial charge in [-0.1, -0.05) is 36.4 Å². The van der Waals surface area contributed by atoms with Gasteiger partial charge in [0.25, 0.3) is 5.91 Å². The van der Waals surface area contributed by atoms with E-state index in [0.717, 1.165) is 44.5 Å². The molecule has 7 heteroatoms. The summed E-state index contributed by atoms with van der Waals surface area (Å²) in [7, 11) is 0. The van der Waals surface area contributed by atoms with Gasteiger partial charge < -0.3 is 10.2 Å². The maximum atomic E-state index is 12.1. The van der Waals surface area contributed by atoms with Gasteiger partial charge in [-0.05, 0) is 37.3 Å². The fourth-order valence-electron chi connectivity index (χ4n) is 3.33. The lowest BCUT2D eigenvalue weighted by atomic mass is 10.0. The van der Waals surface area contributed by atoms with E-state index in [-0.39, 0.29) is 17.7 Å². The first-order valence-corrected chi connectivity index (χ1v) is 10.5. The summed E-state index contributed by atoms with van der Waals surface area (Å²) in [4.78, 5) is 38.9. The molecular weight excluding hydrogens is 374 g/mol. The Kier molecular flexibility index (Phi) is 7.33. The lowest BCUT2D eigenvalue weighted by molar-refractivity contribution is 0.0955. The first-order chi connectivity index (χ1) is 13.6. The van der Waals surface area contributed by atoms with Gasteiger partial charge in [0, 0.05) is 31.1 Å². The molecule has 2 N–H and O–H groups in total. The molecule has 1 saturated heterocycles. The molecule has 3 amide bonds. The molecule has 2 heterocycles. The number of carbonyl (C=O) groups excluding carboxylic acids is 3. The Hall–Kier alpha value is -2.51. The van der Waals surface area contributed by atoms with Gasteiger partial charge in [0.1, 0.15) is 0 Å². The molecule has 2 aromatic rings. The number of hydrogen-bond acceptors (Lipinski definition) is 5. The minimum Gasteiger partial charge on any atom is -0.335 e. The number of likely N-dealkylation sites (tertiary alicyclic amines) is 1. The van der Waals surface area contributed by atoms with E-state index in [2.05, 4.69) is 15.5 Å². The Morgan fingerprint density at radius 3 is 2.46 bits per heavy atom. The lowest BCUT2D eigenvalue weighted by Gasteiger charge is -2.32. The van der Waals surface area contributed by atoms with Gasteiger partial charge in [-0.3, -0.25) is 14.9 Å². The number of benzene rings is 1. The monoisotopic (exact) mass is 399 g/mol. The van der Waals surface area contributed by atoms with Gasteiger partial charge in [0.05, 0.1) is 4.88 Å². The predicted octanol–water partition coefficient (Wildman–Crippen LogP) is 3.32. The molecule has 0 unspecified atom stereocenters. The van der Waals surface area contributed by atoms with E-state index in [4.69, 9.17) is 0 Å². The summed E-state index contributed by atoms with van der Waals surface area (Å²) in [6.07, 6.45) is 3.07. The molecule has 0 spiro atoms. The number of imide groups is 1. The van der Waals surface area contributed by atoms with Crippen molar-refractivity contribution in [1.82, 2.24) is 15.5 Å². The summed E-state index contributed by atoms with van der Waals surface area (Å²) in [6, 6.07) is 12.5. The van der Waals surface area contributed by atoms with Crippen LogP contribution in [-0.4, -0.2) is 48.3 Å². The highest BCUT2D eigenvalue weighted by Crippen LogP contribution is 2.13. The largest absolute Gasteiger partial charge is 0.335 e. The smallest absolute Gasteiger partial charge is 0.321 e. The maximum Gasteiger partial charge on any atom is 0.321 e. The Labute approximate surface area is 168 Å². The number of nitrogens with zero attached hydrogens (tertiary/aromatic N) is 1. The molecule has 0 saturated carbocycles. The number of urea groups is 1. The molecule has 0 aliphatic carbocycles. The Balaban J connectivity index is 1.31. The van der Waals surface area contributed by atoms with Crippen LogP contribution < -0.4 is 10.6 Å². The van der Waals surface area contributed by atoms with Crippen LogP contribution in [0.4, 0.5) is 4.79 Å². The minimum atomic E-state index is -0.440. The average Bonchev–Trinajstić information content (AvgIpc) is 3.25. The molecule has 1 aromatic carbocycles. The van der Waals surface area contributed by atoms with Crippen molar-refractivity contribution in [3.05, 3.63) is 58.3 Å². The first-order valence-electron chi connectivity index (χ1n) is 9.58. The van der Waals surface area contributed by atoms with Crippen molar-refractivity contribution in [2.24, 2.45) is 0 Å². The normalized spacial score (nSPS) is 15.1. The van der Waals surface area contributed by atoms with Gasteiger partial charge in [0.15, 0.2) is 5.78 Å². The number of amides is 3. The third-order valence-corrected chi connectivity index (χ3v) is 5.74. The van der Waals surface area contributed by atoms with E-state index in [1.807, 2.05) is 30.3 Å². The molecule has 28 heavy (non-hydrogen) atoms. The molecule has 3 rings (SSSR count). The van der Waals surface area contributed by atoms with Crippen molar-refractivity contribution in [3.63, 3.8) is 0 Å². The highest BCUT2D eigenvalue weighted by atomic mass is 32.1. The molecule has 0 bridgehead atoms. The molecule has 1 aliphatic rings. The van der Waals surface area contributed by atoms with Crippen LogP contribution in [0.5, 0.6) is 0 Å². The zero-order chi connectivity index (χ0) is 19.8. The van der Waals surface area contributed by atoms with Crippen molar-refractivity contribution in [2.75, 3.05) is 19.6 Å². The summed E-state index contributed by atoms with van der Waals surface area (Å²) in [5.41, 5.74) is 0.772. The van der Waals surface area contributed by atoms with E-state index in [9.17, 15) is 14.4 Å². The van der Waals surface area contributed by atoms with Gasteiger partial charge in [-0.25, -0.2) is 4.79 Å². The molecular formula is C21H25N3O3S. The Morgan fingerprint density at radius 1 is 1.04 bits per heavy atom. The quantitative estimate of drug-likeness (QED) is 0.700. The van der Waals surface area contributed by atoms with Crippen molar-refractivity contribution in [1.29, 1.82) is 0 Å². The van der Waals surface area contributed by atoms with Crippen LogP contribution in [0, 0.1) is 0 Å². The summed E-state index contributed by atoms with van der Waals surface area (Å²) in [6.45, 7) is 2.64. The van der Waals surface area contributed by atoms with E-state index in [1.165, 1.54) is 11.3 Å². The summed E-state index contributed by atoms with van der Waals surface area (Å²) >= 11 is 1.30. The van der Waals surface area contributed by atoms with Crippen LogP contribution in [0.25, 0.3) is 0 Å². The van der Waals surface area contributed by atoms with Crippen LogP contribution in [0.2, 0.25) is 0 Å². The fourth-order valence-corrected chi connectivity index (χ4v) is 3.95. The number of Topliss-reactive ketones (excluding diaryl/α,β-unsaturated/α-hetero) is 1. The number of thiophene rings is 1. The number of carbonyl (C=O) groups is 3. The van der Waals surface area contributed by atoms with Gasteiger partial charge in [-0.2, -0.15) is 0 Å². The number of nitrogens with one attached hydrogen (secondary N) is 2. The minimum absolute atomic E-state index is 0.0679. The number of piperidine rings is 1. The van der Waals surface area contributed by atoms with Crippen LogP contribution in [0.15, 0.2) is 47.8 Å². The topological polar surface area (TPSA) is 78.5 Å². The number of rotatable bonds is 7. The average molecular weight is 400 g/mol. The van der Waals surface area contributed by atoms with E-state index in [0.29, 0.717) is 11.3 Å². The molecule has 1 fully saturated rings. The van der Waals surface area contributed by atoms with Gasteiger partial charge in [-0.15, -0.1) is 11.3 Å². The van der Waals surface area contributed by atoms with Crippen molar-refractivity contribution in [2.45, 2.75) is 31.7 Å². The molecule has 0 radical (unpaired) electrons. The van der Waals surface area contributed by atoms with Crippen molar-refractivity contribution < 1.29 is 14.4 Å². The molecule has 148 valence electrons. The second kappa shape index (κ2) is 10.1. The molecule has 0 atom stereocenters. The van der Waals surface area contributed by atoms with Crippen LogP contribution >= 0.6 is 11.3 Å². The third kappa shape index (κ3) is 6.00. The standard InChI is InChI=1S/C21H25N3O3S/c25-18(16-6-2-1-3-7-16)8-4-12-24-13-10-17(11-14-24)22-21(27)23-20(26)19-9-5-15-28-19/h1-3,5-7,9,15,17H,4,8,10-14H2,(H2,22,23,26,27). The molecule has 6 nitrogen and oxygen atoms in total. The summed E-state index contributed by atoms with van der Waals surface area (Å²) < 4.78 is 0. The van der Waals surface area contributed by atoms with Gasteiger partial charge >= 0.3 is 6.03 Å². The highest BCUT2D eigenvalue weighted by molar-refractivity contribution is 7.12. The van der Waals surface area contributed by atoms with E-state index in [1.54, 1.807) is 17.5 Å². The van der Waals surface area contributed by atoms with Crippen molar-refractivity contribution >= 4 is 29.1 Å². The maximum absolute atomic E-state index is 12.1. The van der Waals surface area contributed by atoms with Crippen LogP contribution in [-0.2, 0) is 0 Å². The second-order valence-electron chi connectivity index (χ2n) is 6.91. The van der Waals surface area contributed by atoms with Crippen LogP contribution in [0.1, 0.15) is 45.7 Å². The second-order valence-corrected chi connectivity index (χ2v) is 7.86. The van der Waals surface area contributed by atoms with Gasteiger partial charge in [0.2, 0.25) is 0 Å². The molecule has 1 aliphatic heterocycles. The lowest BCUT2D eigenvalue weighted by Crippen LogP contribution is -2.49. The zero-order valence-corrected chi connectivity index (χ0v) is 16.5. The summed E-state index contributed by atoms with van der Waals surface area (Å²) in [5.74, 6) is -0.183. The highest BCUT2D eigenvalue weighted by Gasteiger charge is 2.21.